The van der Waals surface area contributed by atoms with Crippen LogP contribution < -0.4 is 10.6 Å². The molecular formula is C15H13ClN6O. The molecule has 2 heterocycles. The third-order valence-electron chi connectivity index (χ3n) is 3.00. The molecule has 8 heteroatoms. The van der Waals surface area contributed by atoms with Gasteiger partial charge < -0.3 is 10.6 Å². The zero-order chi connectivity index (χ0) is 16.1. The standard InChI is InChI=1S/C15H13ClN6O/c16-13-5-1-2-6-14(13)19-15(23)18-8-11-10-22(21-20-11)12-4-3-7-17-9-12/h1-7,9-10H,8H2,(H2,18,19,23). The summed E-state index contributed by atoms with van der Waals surface area (Å²) in [5.74, 6) is 0. The van der Waals surface area contributed by atoms with E-state index in [0.29, 0.717) is 16.4 Å². The number of pyridine rings is 1. The highest BCUT2D eigenvalue weighted by Crippen LogP contribution is 2.20. The lowest BCUT2D eigenvalue weighted by atomic mass is 10.3. The molecule has 0 saturated carbocycles. The van der Waals surface area contributed by atoms with Gasteiger partial charge in [-0.05, 0) is 24.3 Å². The summed E-state index contributed by atoms with van der Waals surface area (Å²) < 4.78 is 1.59. The van der Waals surface area contributed by atoms with Crippen molar-refractivity contribution in [2.75, 3.05) is 5.32 Å². The van der Waals surface area contributed by atoms with Gasteiger partial charge in [-0.15, -0.1) is 5.10 Å². The predicted octanol–water partition coefficient (Wildman–Crippen LogP) is 2.64. The van der Waals surface area contributed by atoms with Gasteiger partial charge in [0.05, 0.1) is 35.3 Å². The quantitative estimate of drug-likeness (QED) is 0.771. The van der Waals surface area contributed by atoms with Gasteiger partial charge in [-0.1, -0.05) is 28.9 Å². The summed E-state index contributed by atoms with van der Waals surface area (Å²) in [6.45, 7) is 0.247. The summed E-state index contributed by atoms with van der Waals surface area (Å²) in [7, 11) is 0. The molecule has 2 amide bonds. The fraction of sp³-hybridized carbons (Fsp3) is 0.0667. The van der Waals surface area contributed by atoms with Gasteiger partial charge in [0.1, 0.15) is 5.69 Å². The van der Waals surface area contributed by atoms with Crippen LogP contribution >= 0.6 is 11.6 Å². The number of benzene rings is 1. The van der Waals surface area contributed by atoms with E-state index in [1.54, 1.807) is 47.5 Å². The van der Waals surface area contributed by atoms with E-state index in [-0.39, 0.29) is 12.6 Å². The monoisotopic (exact) mass is 328 g/mol. The van der Waals surface area contributed by atoms with E-state index in [1.807, 2.05) is 12.1 Å². The summed E-state index contributed by atoms with van der Waals surface area (Å²) in [5, 5.41) is 13.9. The summed E-state index contributed by atoms with van der Waals surface area (Å²) in [5.41, 5.74) is 1.97. The van der Waals surface area contributed by atoms with Gasteiger partial charge in [-0.2, -0.15) is 0 Å². The van der Waals surface area contributed by atoms with Crippen LogP contribution in [0.2, 0.25) is 5.02 Å². The number of aromatic nitrogens is 4. The van der Waals surface area contributed by atoms with E-state index in [4.69, 9.17) is 11.6 Å². The summed E-state index contributed by atoms with van der Waals surface area (Å²) in [4.78, 5) is 15.9. The molecule has 0 aliphatic heterocycles. The maximum atomic E-state index is 11.9. The topological polar surface area (TPSA) is 84.7 Å². The van der Waals surface area contributed by atoms with Gasteiger partial charge >= 0.3 is 6.03 Å². The fourth-order valence-electron chi connectivity index (χ4n) is 1.89. The molecular weight excluding hydrogens is 316 g/mol. The molecule has 2 aromatic heterocycles. The Hall–Kier alpha value is -2.93. The van der Waals surface area contributed by atoms with Crippen molar-refractivity contribution in [1.82, 2.24) is 25.3 Å². The Morgan fingerprint density at radius 1 is 1.22 bits per heavy atom. The smallest absolute Gasteiger partial charge is 0.319 e. The van der Waals surface area contributed by atoms with Gasteiger partial charge in [0.2, 0.25) is 0 Å². The number of hydrogen-bond donors (Lipinski definition) is 2. The highest BCUT2D eigenvalue weighted by atomic mass is 35.5. The number of carbonyl (C=O) groups excluding carboxylic acids is 1. The SMILES string of the molecule is O=C(NCc1cn(-c2cccnc2)nn1)Nc1ccccc1Cl. The van der Waals surface area contributed by atoms with Crippen LogP contribution in [0.5, 0.6) is 0 Å². The van der Waals surface area contributed by atoms with E-state index in [2.05, 4.69) is 25.9 Å². The molecule has 0 fully saturated rings. The highest BCUT2D eigenvalue weighted by molar-refractivity contribution is 6.33. The molecule has 0 radical (unpaired) electrons. The van der Waals surface area contributed by atoms with Crippen molar-refractivity contribution in [1.29, 1.82) is 0 Å². The molecule has 2 N–H and O–H groups in total. The van der Waals surface area contributed by atoms with Crippen molar-refractivity contribution in [2.24, 2.45) is 0 Å². The molecule has 0 unspecified atom stereocenters. The lowest BCUT2D eigenvalue weighted by Gasteiger charge is -2.07. The maximum Gasteiger partial charge on any atom is 0.319 e. The van der Waals surface area contributed by atoms with E-state index >= 15 is 0 Å². The number of nitrogens with zero attached hydrogens (tertiary/aromatic N) is 4. The number of carbonyl (C=O) groups is 1. The lowest BCUT2D eigenvalue weighted by Crippen LogP contribution is -2.28. The molecule has 0 saturated heterocycles. The van der Waals surface area contributed by atoms with Crippen LogP contribution in [-0.2, 0) is 6.54 Å². The molecule has 116 valence electrons. The van der Waals surface area contributed by atoms with Gasteiger partial charge in [-0.3, -0.25) is 4.98 Å². The Bertz CT molecular complexity index is 804. The van der Waals surface area contributed by atoms with Gasteiger partial charge in [0.25, 0.3) is 0 Å². The third-order valence-corrected chi connectivity index (χ3v) is 3.33. The summed E-state index contributed by atoms with van der Waals surface area (Å²) >= 11 is 5.98. The molecule has 0 spiro atoms. The Labute approximate surface area is 137 Å². The fourth-order valence-corrected chi connectivity index (χ4v) is 2.08. The van der Waals surface area contributed by atoms with Crippen molar-refractivity contribution in [3.63, 3.8) is 0 Å². The van der Waals surface area contributed by atoms with Crippen LogP contribution in [0, 0.1) is 0 Å². The Morgan fingerprint density at radius 3 is 2.87 bits per heavy atom. The molecule has 0 aliphatic rings. The second kappa shape index (κ2) is 6.89. The molecule has 3 aromatic rings. The summed E-state index contributed by atoms with van der Waals surface area (Å²) in [6, 6.07) is 10.3. The minimum Gasteiger partial charge on any atom is -0.332 e. The van der Waals surface area contributed by atoms with E-state index in [0.717, 1.165) is 5.69 Å². The zero-order valence-corrected chi connectivity index (χ0v) is 12.7. The number of para-hydroxylation sites is 1. The van der Waals surface area contributed by atoms with Gasteiger partial charge in [0, 0.05) is 6.20 Å². The van der Waals surface area contributed by atoms with E-state index in [9.17, 15) is 4.79 Å². The maximum absolute atomic E-state index is 11.9. The van der Waals surface area contributed by atoms with E-state index in [1.165, 1.54) is 0 Å². The van der Waals surface area contributed by atoms with Crippen LogP contribution in [0.3, 0.4) is 0 Å². The predicted molar refractivity (Wildman–Crippen MR) is 86.5 cm³/mol. The first-order chi connectivity index (χ1) is 11.2. The number of amides is 2. The number of urea groups is 1. The number of nitrogens with one attached hydrogen (secondary N) is 2. The molecule has 7 nitrogen and oxygen atoms in total. The van der Waals surface area contributed by atoms with Crippen molar-refractivity contribution < 1.29 is 4.79 Å². The second-order valence-corrected chi connectivity index (χ2v) is 5.06. The number of hydrogen-bond acceptors (Lipinski definition) is 4. The number of rotatable bonds is 4. The van der Waals surface area contributed by atoms with Crippen LogP contribution in [0.4, 0.5) is 10.5 Å². The molecule has 0 atom stereocenters. The molecule has 23 heavy (non-hydrogen) atoms. The molecule has 3 rings (SSSR count). The van der Waals surface area contributed by atoms with Crippen molar-refractivity contribution >= 4 is 23.3 Å². The highest BCUT2D eigenvalue weighted by Gasteiger charge is 2.07. The first kappa shape index (κ1) is 15.0. The van der Waals surface area contributed by atoms with Crippen LogP contribution in [-0.4, -0.2) is 26.0 Å². The van der Waals surface area contributed by atoms with Gasteiger partial charge in [0.15, 0.2) is 0 Å². The van der Waals surface area contributed by atoms with Crippen LogP contribution in [0.15, 0.2) is 55.0 Å². The lowest BCUT2D eigenvalue weighted by molar-refractivity contribution is 0.251. The minimum atomic E-state index is -0.367. The Morgan fingerprint density at radius 2 is 2.09 bits per heavy atom. The Kier molecular flexibility index (Phi) is 4.49. The van der Waals surface area contributed by atoms with Crippen molar-refractivity contribution in [2.45, 2.75) is 6.54 Å². The van der Waals surface area contributed by atoms with Crippen LogP contribution in [0.1, 0.15) is 5.69 Å². The first-order valence-corrected chi connectivity index (χ1v) is 7.21. The molecule has 0 aliphatic carbocycles. The third kappa shape index (κ3) is 3.83. The minimum absolute atomic E-state index is 0.247. The average Bonchev–Trinajstić information content (AvgIpc) is 3.05. The molecule has 1 aromatic carbocycles. The first-order valence-electron chi connectivity index (χ1n) is 6.83. The zero-order valence-electron chi connectivity index (χ0n) is 12.0. The average molecular weight is 329 g/mol. The number of halogens is 1. The summed E-state index contributed by atoms with van der Waals surface area (Å²) in [6.07, 6.45) is 5.09. The second-order valence-electron chi connectivity index (χ2n) is 4.65. The number of anilines is 1. The van der Waals surface area contributed by atoms with Gasteiger partial charge in [-0.25, -0.2) is 9.48 Å². The van der Waals surface area contributed by atoms with Crippen LogP contribution in [0.25, 0.3) is 5.69 Å². The normalized spacial score (nSPS) is 10.3. The molecule has 0 bridgehead atoms. The van der Waals surface area contributed by atoms with Crippen molar-refractivity contribution in [3.8, 4) is 5.69 Å². The van der Waals surface area contributed by atoms with E-state index < -0.39 is 0 Å². The van der Waals surface area contributed by atoms with Crippen molar-refractivity contribution in [3.05, 3.63) is 65.7 Å². The Balaban J connectivity index is 1.58. The largest absolute Gasteiger partial charge is 0.332 e.